The normalized spacial score (nSPS) is 10.5. The van der Waals surface area contributed by atoms with Gasteiger partial charge in [-0.15, -0.1) is 0 Å². The standard InChI is InChI=1S/C20H18O3/c1-3-23-19-7-5-4-6-18(19)20(21)16-9-8-15-13-17(22-2)11-10-14(15)12-16/h4-13H,3H2,1-2H3. The van der Waals surface area contributed by atoms with Crippen LogP contribution in [-0.4, -0.2) is 19.5 Å². The van der Waals surface area contributed by atoms with E-state index >= 15 is 0 Å². The van der Waals surface area contributed by atoms with Crippen molar-refractivity contribution in [3.8, 4) is 11.5 Å². The summed E-state index contributed by atoms with van der Waals surface area (Å²) in [5, 5.41) is 2.05. The Bertz CT molecular complexity index is 852. The van der Waals surface area contributed by atoms with E-state index in [1.54, 1.807) is 13.2 Å². The number of para-hydroxylation sites is 1. The van der Waals surface area contributed by atoms with Gasteiger partial charge in [-0.2, -0.15) is 0 Å². The van der Waals surface area contributed by atoms with Crippen LogP contribution >= 0.6 is 0 Å². The number of ketones is 1. The molecule has 0 amide bonds. The highest BCUT2D eigenvalue weighted by Crippen LogP contribution is 2.25. The summed E-state index contributed by atoms with van der Waals surface area (Å²) in [7, 11) is 1.64. The van der Waals surface area contributed by atoms with Gasteiger partial charge in [-0.05, 0) is 48.0 Å². The van der Waals surface area contributed by atoms with Crippen LogP contribution in [0.3, 0.4) is 0 Å². The molecule has 0 aliphatic rings. The zero-order valence-electron chi connectivity index (χ0n) is 13.2. The molecule has 0 spiro atoms. The smallest absolute Gasteiger partial charge is 0.196 e. The van der Waals surface area contributed by atoms with E-state index in [-0.39, 0.29) is 5.78 Å². The van der Waals surface area contributed by atoms with Gasteiger partial charge in [0.05, 0.1) is 19.3 Å². The average Bonchev–Trinajstić information content (AvgIpc) is 2.61. The van der Waals surface area contributed by atoms with Crippen molar-refractivity contribution >= 4 is 16.6 Å². The third kappa shape index (κ3) is 3.04. The number of carbonyl (C=O) groups excluding carboxylic acids is 1. The minimum Gasteiger partial charge on any atom is -0.497 e. The molecule has 0 aliphatic heterocycles. The van der Waals surface area contributed by atoms with Crippen LogP contribution < -0.4 is 9.47 Å². The topological polar surface area (TPSA) is 35.5 Å². The minimum absolute atomic E-state index is 0.0354. The summed E-state index contributed by atoms with van der Waals surface area (Å²) in [6, 6.07) is 18.8. The number of hydrogen-bond acceptors (Lipinski definition) is 3. The molecule has 0 radical (unpaired) electrons. The molecule has 0 saturated carbocycles. The summed E-state index contributed by atoms with van der Waals surface area (Å²) in [5.41, 5.74) is 1.23. The Kier molecular flexibility index (Phi) is 4.29. The fraction of sp³-hybridized carbons (Fsp3) is 0.150. The second kappa shape index (κ2) is 6.53. The molecule has 0 aromatic heterocycles. The molecule has 0 unspecified atom stereocenters. The molecule has 0 N–H and O–H groups in total. The van der Waals surface area contributed by atoms with Gasteiger partial charge in [0.1, 0.15) is 11.5 Å². The number of hydrogen-bond donors (Lipinski definition) is 0. The van der Waals surface area contributed by atoms with Crippen LogP contribution in [-0.2, 0) is 0 Å². The number of carbonyl (C=O) groups is 1. The van der Waals surface area contributed by atoms with Gasteiger partial charge < -0.3 is 9.47 Å². The fourth-order valence-corrected chi connectivity index (χ4v) is 2.58. The zero-order valence-corrected chi connectivity index (χ0v) is 13.2. The van der Waals surface area contributed by atoms with Crippen LogP contribution in [0.15, 0.2) is 60.7 Å². The van der Waals surface area contributed by atoms with Crippen molar-refractivity contribution in [3.63, 3.8) is 0 Å². The van der Waals surface area contributed by atoms with E-state index in [1.165, 1.54) is 0 Å². The first-order chi connectivity index (χ1) is 11.2. The van der Waals surface area contributed by atoms with E-state index in [2.05, 4.69) is 0 Å². The summed E-state index contributed by atoms with van der Waals surface area (Å²) >= 11 is 0. The van der Waals surface area contributed by atoms with Crippen molar-refractivity contribution in [2.24, 2.45) is 0 Å². The van der Waals surface area contributed by atoms with Crippen molar-refractivity contribution in [1.29, 1.82) is 0 Å². The van der Waals surface area contributed by atoms with E-state index in [0.29, 0.717) is 23.5 Å². The molecular weight excluding hydrogens is 288 g/mol. The number of fused-ring (bicyclic) bond motifs is 1. The quantitative estimate of drug-likeness (QED) is 0.652. The van der Waals surface area contributed by atoms with Gasteiger partial charge >= 0.3 is 0 Å². The molecule has 3 nitrogen and oxygen atoms in total. The van der Waals surface area contributed by atoms with Crippen LogP contribution in [0.25, 0.3) is 10.8 Å². The Labute approximate surface area is 135 Å². The largest absolute Gasteiger partial charge is 0.497 e. The van der Waals surface area contributed by atoms with Crippen LogP contribution in [0.2, 0.25) is 0 Å². The molecule has 0 fully saturated rings. The second-order valence-electron chi connectivity index (χ2n) is 5.19. The first-order valence-corrected chi connectivity index (χ1v) is 7.57. The Morgan fingerprint density at radius 2 is 1.70 bits per heavy atom. The lowest BCUT2D eigenvalue weighted by Gasteiger charge is -2.10. The van der Waals surface area contributed by atoms with Crippen LogP contribution in [0.5, 0.6) is 11.5 Å². The van der Waals surface area contributed by atoms with E-state index in [9.17, 15) is 4.79 Å². The van der Waals surface area contributed by atoms with Gasteiger partial charge in [0.25, 0.3) is 0 Å². The van der Waals surface area contributed by atoms with Crippen molar-refractivity contribution in [3.05, 3.63) is 71.8 Å². The number of rotatable bonds is 5. The van der Waals surface area contributed by atoms with Gasteiger partial charge in [-0.3, -0.25) is 4.79 Å². The van der Waals surface area contributed by atoms with E-state index in [4.69, 9.17) is 9.47 Å². The highest BCUT2D eigenvalue weighted by atomic mass is 16.5. The van der Waals surface area contributed by atoms with Gasteiger partial charge in [0, 0.05) is 5.56 Å². The monoisotopic (exact) mass is 306 g/mol. The van der Waals surface area contributed by atoms with Crippen molar-refractivity contribution in [2.75, 3.05) is 13.7 Å². The number of benzene rings is 3. The molecule has 0 bridgehead atoms. The Hall–Kier alpha value is -2.81. The van der Waals surface area contributed by atoms with Crippen LogP contribution in [0.1, 0.15) is 22.8 Å². The Morgan fingerprint density at radius 3 is 2.48 bits per heavy atom. The lowest BCUT2D eigenvalue weighted by molar-refractivity contribution is 0.103. The first kappa shape index (κ1) is 15.1. The zero-order chi connectivity index (χ0) is 16.2. The minimum atomic E-state index is -0.0354. The molecule has 3 heteroatoms. The summed E-state index contributed by atoms with van der Waals surface area (Å²) in [6.07, 6.45) is 0. The number of methoxy groups -OCH3 is 1. The lowest BCUT2D eigenvalue weighted by atomic mass is 9.99. The summed E-state index contributed by atoms with van der Waals surface area (Å²) in [6.45, 7) is 2.44. The van der Waals surface area contributed by atoms with E-state index in [1.807, 2.05) is 61.5 Å². The van der Waals surface area contributed by atoms with Gasteiger partial charge in [-0.25, -0.2) is 0 Å². The van der Waals surface area contributed by atoms with Gasteiger partial charge in [-0.1, -0.05) is 30.3 Å². The Morgan fingerprint density at radius 1 is 0.957 bits per heavy atom. The molecule has 116 valence electrons. The van der Waals surface area contributed by atoms with Crippen molar-refractivity contribution in [1.82, 2.24) is 0 Å². The molecule has 0 heterocycles. The predicted molar refractivity (Wildman–Crippen MR) is 91.5 cm³/mol. The lowest BCUT2D eigenvalue weighted by Crippen LogP contribution is -2.05. The highest BCUT2D eigenvalue weighted by Gasteiger charge is 2.14. The van der Waals surface area contributed by atoms with Crippen molar-refractivity contribution in [2.45, 2.75) is 6.92 Å². The third-order valence-corrected chi connectivity index (χ3v) is 3.74. The van der Waals surface area contributed by atoms with Crippen molar-refractivity contribution < 1.29 is 14.3 Å². The second-order valence-corrected chi connectivity index (χ2v) is 5.19. The average molecular weight is 306 g/mol. The molecule has 3 aromatic rings. The molecule has 23 heavy (non-hydrogen) atoms. The maximum Gasteiger partial charge on any atom is 0.196 e. The van der Waals surface area contributed by atoms with Gasteiger partial charge in [0.2, 0.25) is 0 Å². The highest BCUT2D eigenvalue weighted by molar-refractivity contribution is 6.12. The van der Waals surface area contributed by atoms with Gasteiger partial charge in [0.15, 0.2) is 5.78 Å². The fourth-order valence-electron chi connectivity index (χ4n) is 2.58. The summed E-state index contributed by atoms with van der Waals surface area (Å²) in [5.74, 6) is 1.39. The van der Waals surface area contributed by atoms with E-state index in [0.717, 1.165) is 16.5 Å². The maximum atomic E-state index is 12.8. The summed E-state index contributed by atoms with van der Waals surface area (Å²) < 4.78 is 10.8. The van der Waals surface area contributed by atoms with Crippen LogP contribution in [0, 0.1) is 0 Å². The van der Waals surface area contributed by atoms with E-state index < -0.39 is 0 Å². The SMILES string of the molecule is CCOc1ccccc1C(=O)c1ccc2cc(OC)ccc2c1. The van der Waals surface area contributed by atoms with Crippen LogP contribution in [0.4, 0.5) is 0 Å². The molecule has 0 aliphatic carbocycles. The Balaban J connectivity index is 2.01. The maximum absolute atomic E-state index is 12.8. The molecular formula is C20H18O3. The molecule has 0 saturated heterocycles. The molecule has 3 rings (SSSR count). The first-order valence-electron chi connectivity index (χ1n) is 7.57. The number of ether oxygens (including phenoxy) is 2. The predicted octanol–water partition coefficient (Wildman–Crippen LogP) is 4.48. The molecule has 0 atom stereocenters. The summed E-state index contributed by atoms with van der Waals surface area (Å²) in [4.78, 5) is 12.8. The molecule has 3 aromatic carbocycles. The third-order valence-electron chi connectivity index (χ3n) is 3.74.